The van der Waals surface area contributed by atoms with Gasteiger partial charge < -0.3 is 9.64 Å². The maximum Gasteiger partial charge on any atom is 0.276 e. The summed E-state index contributed by atoms with van der Waals surface area (Å²) >= 11 is 0. The lowest BCUT2D eigenvalue weighted by atomic mass is 10.2. The van der Waals surface area contributed by atoms with Gasteiger partial charge in [0, 0.05) is 13.0 Å². The zero-order valence-corrected chi connectivity index (χ0v) is 15.6. The molecule has 2 aromatic carbocycles. The molecule has 0 aliphatic heterocycles. The molecule has 144 valence electrons. The van der Waals surface area contributed by atoms with E-state index >= 15 is 0 Å². The van der Waals surface area contributed by atoms with Crippen LogP contribution in [0.1, 0.15) is 34.9 Å². The van der Waals surface area contributed by atoms with E-state index in [9.17, 15) is 9.18 Å². The number of amides is 1. The zero-order valence-electron chi connectivity index (χ0n) is 15.6. The molecule has 0 spiro atoms. The third kappa shape index (κ3) is 3.74. The molecular formula is C21H21FN4O2. The quantitative estimate of drug-likeness (QED) is 0.630. The van der Waals surface area contributed by atoms with Crippen LogP contribution < -0.4 is 4.74 Å². The van der Waals surface area contributed by atoms with Gasteiger partial charge in [0.05, 0.1) is 17.9 Å². The minimum absolute atomic E-state index is 0.178. The number of aromatic nitrogens is 3. The second-order valence-electron chi connectivity index (χ2n) is 6.85. The number of halogens is 1. The van der Waals surface area contributed by atoms with E-state index in [0.29, 0.717) is 18.2 Å². The van der Waals surface area contributed by atoms with Gasteiger partial charge in [0.15, 0.2) is 17.3 Å². The van der Waals surface area contributed by atoms with Crippen LogP contribution in [0.15, 0.2) is 54.6 Å². The summed E-state index contributed by atoms with van der Waals surface area (Å²) in [6.07, 6.45) is 2.06. The molecule has 1 fully saturated rings. The Bertz CT molecular complexity index is 970. The Hall–Kier alpha value is -3.22. The maximum absolute atomic E-state index is 13.6. The summed E-state index contributed by atoms with van der Waals surface area (Å²) in [6, 6.07) is 15.9. The Labute approximate surface area is 162 Å². The molecule has 7 heteroatoms. The van der Waals surface area contributed by atoms with Crippen LogP contribution >= 0.6 is 0 Å². The highest BCUT2D eigenvalue weighted by Gasteiger charge is 2.35. The molecule has 28 heavy (non-hydrogen) atoms. The smallest absolute Gasteiger partial charge is 0.276 e. The SMILES string of the molecule is CN(CCOc1ccccc1F)C(=O)c1nnn(-c2ccccc2)c1C1CC1. The monoisotopic (exact) mass is 380 g/mol. The van der Waals surface area contributed by atoms with Gasteiger partial charge in [0.2, 0.25) is 0 Å². The van der Waals surface area contributed by atoms with Crippen molar-refractivity contribution < 1.29 is 13.9 Å². The van der Waals surface area contributed by atoms with E-state index in [-0.39, 0.29) is 18.3 Å². The summed E-state index contributed by atoms with van der Waals surface area (Å²) in [5.74, 6) is -0.145. The fraction of sp³-hybridized carbons (Fsp3) is 0.286. The molecule has 1 aromatic heterocycles. The summed E-state index contributed by atoms with van der Waals surface area (Å²) in [5, 5.41) is 8.40. The normalized spacial score (nSPS) is 13.4. The number of ether oxygens (including phenoxy) is 1. The molecule has 1 saturated carbocycles. The number of rotatable bonds is 7. The number of benzene rings is 2. The van der Waals surface area contributed by atoms with Gasteiger partial charge in [0.25, 0.3) is 5.91 Å². The number of likely N-dealkylation sites (N-methyl/N-ethyl adjacent to an activating group) is 1. The average Bonchev–Trinajstić information content (AvgIpc) is 3.47. The number of para-hydroxylation sites is 2. The number of carbonyl (C=O) groups is 1. The van der Waals surface area contributed by atoms with Gasteiger partial charge in [-0.05, 0) is 37.1 Å². The van der Waals surface area contributed by atoms with Crippen molar-refractivity contribution >= 4 is 5.91 Å². The van der Waals surface area contributed by atoms with Gasteiger partial charge in [-0.2, -0.15) is 0 Å². The van der Waals surface area contributed by atoms with Crippen molar-refractivity contribution in [2.24, 2.45) is 0 Å². The molecule has 1 heterocycles. The lowest BCUT2D eigenvalue weighted by Gasteiger charge is -2.17. The molecule has 0 saturated heterocycles. The molecule has 0 atom stereocenters. The molecule has 1 amide bonds. The molecule has 1 aliphatic carbocycles. The third-order valence-electron chi connectivity index (χ3n) is 4.74. The molecule has 6 nitrogen and oxygen atoms in total. The topological polar surface area (TPSA) is 60.2 Å². The molecule has 1 aliphatic rings. The largest absolute Gasteiger partial charge is 0.489 e. The van der Waals surface area contributed by atoms with Gasteiger partial charge in [-0.1, -0.05) is 35.5 Å². The van der Waals surface area contributed by atoms with Gasteiger partial charge in [0.1, 0.15) is 6.61 Å². The van der Waals surface area contributed by atoms with E-state index in [2.05, 4.69) is 10.3 Å². The molecule has 0 unspecified atom stereocenters. The molecule has 4 rings (SSSR count). The Balaban J connectivity index is 1.47. The van der Waals surface area contributed by atoms with Crippen LogP contribution in [0.25, 0.3) is 5.69 Å². The van der Waals surface area contributed by atoms with Crippen LogP contribution in [0.4, 0.5) is 4.39 Å². The first kappa shape index (κ1) is 18.2. The Kier molecular flexibility index (Phi) is 5.06. The van der Waals surface area contributed by atoms with E-state index in [4.69, 9.17) is 4.74 Å². The molecular weight excluding hydrogens is 359 g/mol. The van der Waals surface area contributed by atoms with E-state index in [1.807, 2.05) is 30.3 Å². The summed E-state index contributed by atoms with van der Waals surface area (Å²) in [4.78, 5) is 14.5. The molecule has 0 radical (unpaired) electrons. The van der Waals surface area contributed by atoms with Gasteiger partial charge in [-0.3, -0.25) is 4.79 Å². The second kappa shape index (κ2) is 7.80. The van der Waals surface area contributed by atoms with Gasteiger partial charge >= 0.3 is 0 Å². The van der Waals surface area contributed by atoms with Gasteiger partial charge in [-0.25, -0.2) is 9.07 Å². The van der Waals surface area contributed by atoms with Crippen LogP contribution in [0.5, 0.6) is 5.75 Å². The van der Waals surface area contributed by atoms with Crippen molar-refractivity contribution in [2.45, 2.75) is 18.8 Å². The first-order chi connectivity index (χ1) is 13.6. The summed E-state index contributed by atoms with van der Waals surface area (Å²) in [6.45, 7) is 0.504. The summed E-state index contributed by atoms with van der Waals surface area (Å²) in [5.41, 5.74) is 2.12. The van der Waals surface area contributed by atoms with Crippen LogP contribution in [-0.2, 0) is 0 Å². The van der Waals surface area contributed by atoms with Gasteiger partial charge in [-0.15, -0.1) is 5.10 Å². The number of hydrogen-bond acceptors (Lipinski definition) is 4. The third-order valence-corrected chi connectivity index (χ3v) is 4.74. The lowest BCUT2D eigenvalue weighted by Crippen LogP contribution is -2.32. The fourth-order valence-corrected chi connectivity index (χ4v) is 3.06. The van der Waals surface area contributed by atoms with Crippen molar-refractivity contribution in [2.75, 3.05) is 20.2 Å². The van der Waals surface area contributed by atoms with Crippen LogP contribution in [0.3, 0.4) is 0 Å². The Morgan fingerprint density at radius 3 is 2.61 bits per heavy atom. The van der Waals surface area contributed by atoms with E-state index in [1.54, 1.807) is 29.9 Å². The van der Waals surface area contributed by atoms with Crippen LogP contribution in [0, 0.1) is 5.82 Å². The van der Waals surface area contributed by atoms with E-state index in [0.717, 1.165) is 24.2 Å². The van der Waals surface area contributed by atoms with E-state index in [1.165, 1.54) is 11.0 Å². The second-order valence-corrected chi connectivity index (χ2v) is 6.85. The average molecular weight is 380 g/mol. The number of nitrogens with zero attached hydrogens (tertiary/aromatic N) is 4. The van der Waals surface area contributed by atoms with Crippen molar-refractivity contribution in [1.29, 1.82) is 0 Å². The maximum atomic E-state index is 13.6. The minimum Gasteiger partial charge on any atom is -0.489 e. The number of hydrogen-bond donors (Lipinski definition) is 0. The molecule has 3 aromatic rings. The van der Waals surface area contributed by atoms with Crippen molar-refractivity contribution in [1.82, 2.24) is 19.9 Å². The highest BCUT2D eigenvalue weighted by Crippen LogP contribution is 2.42. The van der Waals surface area contributed by atoms with Crippen LogP contribution in [-0.4, -0.2) is 46.0 Å². The predicted molar refractivity (Wildman–Crippen MR) is 102 cm³/mol. The predicted octanol–water partition coefficient (Wildman–Crippen LogP) is 3.43. The summed E-state index contributed by atoms with van der Waals surface area (Å²) < 4.78 is 20.8. The van der Waals surface area contributed by atoms with Crippen molar-refractivity contribution in [3.05, 3.63) is 71.8 Å². The van der Waals surface area contributed by atoms with Crippen molar-refractivity contribution in [3.63, 3.8) is 0 Å². The molecule has 0 N–H and O–H groups in total. The van der Waals surface area contributed by atoms with Crippen molar-refractivity contribution in [3.8, 4) is 11.4 Å². The lowest BCUT2D eigenvalue weighted by molar-refractivity contribution is 0.0766. The first-order valence-electron chi connectivity index (χ1n) is 9.29. The Morgan fingerprint density at radius 1 is 1.18 bits per heavy atom. The fourth-order valence-electron chi connectivity index (χ4n) is 3.06. The minimum atomic E-state index is -0.418. The first-order valence-corrected chi connectivity index (χ1v) is 9.29. The Morgan fingerprint density at radius 2 is 1.89 bits per heavy atom. The highest BCUT2D eigenvalue weighted by molar-refractivity contribution is 5.93. The number of carbonyl (C=O) groups excluding carboxylic acids is 1. The zero-order chi connectivity index (χ0) is 19.5. The van der Waals surface area contributed by atoms with Crippen LogP contribution in [0.2, 0.25) is 0 Å². The van der Waals surface area contributed by atoms with E-state index < -0.39 is 5.82 Å². The standard InChI is InChI=1S/C21H21FN4O2/c1-25(13-14-28-18-10-6-5-9-17(18)22)21(27)19-20(15-11-12-15)26(24-23-19)16-7-3-2-4-8-16/h2-10,15H,11-14H2,1H3. The highest BCUT2D eigenvalue weighted by atomic mass is 19.1. The summed E-state index contributed by atoms with van der Waals surface area (Å²) in [7, 11) is 1.69. The molecule has 0 bridgehead atoms.